The van der Waals surface area contributed by atoms with Gasteiger partial charge in [0.15, 0.2) is 5.82 Å². The molecule has 2 N–H and O–H groups in total. The summed E-state index contributed by atoms with van der Waals surface area (Å²) in [6.45, 7) is 9.03. The zero-order valence-corrected chi connectivity index (χ0v) is 25.2. The summed E-state index contributed by atoms with van der Waals surface area (Å²) >= 11 is 5.96. The third kappa shape index (κ3) is 5.95. The third-order valence-electron chi connectivity index (χ3n) is 8.62. The number of nitrogens with one attached hydrogen (secondary N) is 2. The highest BCUT2D eigenvalue weighted by atomic mass is 35.5. The minimum atomic E-state index is -0.718. The van der Waals surface area contributed by atoms with Crippen molar-refractivity contribution in [2.75, 3.05) is 0 Å². The first-order valence-electron chi connectivity index (χ1n) is 14.5. The maximum absolute atomic E-state index is 14.5. The van der Waals surface area contributed by atoms with Crippen LogP contribution in [0.2, 0.25) is 5.02 Å². The standard InChI is InChI=1S/C31H37ClFN7O2/c1-5-6-25(19-7-9-20(10-8-19)28(41)34-18-26-36-38-39-37-26)40-29(42)27(21-11-12-23(32)24(33)17-21)35-31(40)15-13-22(14-16-31)30(2,3)4/h7-12,17,22,25H,5-6,13-16,18H2,1-4H3,(H,34,41)(H,36,37,38,39). The molecule has 11 heteroatoms. The summed E-state index contributed by atoms with van der Waals surface area (Å²) in [5, 5.41) is 16.3. The van der Waals surface area contributed by atoms with Crippen LogP contribution in [-0.2, 0) is 11.3 Å². The summed E-state index contributed by atoms with van der Waals surface area (Å²) in [7, 11) is 0. The van der Waals surface area contributed by atoms with Crippen LogP contribution in [0.3, 0.4) is 0 Å². The first kappa shape index (κ1) is 29.8. The molecule has 1 saturated carbocycles. The van der Waals surface area contributed by atoms with Crippen molar-refractivity contribution in [2.24, 2.45) is 16.3 Å². The first-order valence-corrected chi connectivity index (χ1v) is 14.9. The molecule has 3 aromatic rings. The lowest BCUT2D eigenvalue weighted by Gasteiger charge is -2.47. The number of hydrogen-bond acceptors (Lipinski definition) is 6. The van der Waals surface area contributed by atoms with Gasteiger partial charge < -0.3 is 10.2 Å². The second kappa shape index (κ2) is 11.9. The largest absolute Gasteiger partial charge is 0.345 e. The van der Waals surface area contributed by atoms with E-state index in [-0.39, 0.29) is 40.6 Å². The number of hydrogen-bond donors (Lipinski definition) is 2. The predicted octanol–water partition coefficient (Wildman–Crippen LogP) is 6.03. The van der Waals surface area contributed by atoms with Crippen LogP contribution >= 0.6 is 11.6 Å². The van der Waals surface area contributed by atoms with Gasteiger partial charge in [0.05, 0.1) is 17.6 Å². The van der Waals surface area contributed by atoms with Gasteiger partial charge in [0.1, 0.15) is 17.2 Å². The molecule has 42 heavy (non-hydrogen) atoms. The number of aromatic nitrogens is 4. The fourth-order valence-corrected chi connectivity index (χ4v) is 6.39. The van der Waals surface area contributed by atoms with Gasteiger partial charge in [-0.15, -0.1) is 10.2 Å². The van der Waals surface area contributed by atoms with Gasteiger partial charge in [-0.05, 0) is 73.3 Å². The van der Waals surface area contributed by atoms with Crippen LogP contribution in [0.5, 0.6) is 0 Å². The van der Waals surface area contributed by atoms with E-state index >= 15 is 0 Å². The van der Waals surface area contributed by atoms with Crippen molar-refractivity contribution in [3.8, 4) is 0 Å². The van der Waals surface area contributed by atoms with E-state index in [1.807, 2.05) is 17.0 Å². The molecule has 1 unspecified atom stereocenters. The number of H-pyrrole nitrogens is 1. The number of tetrazole rings is 1. The molecule has 9 nitrogen and oxygen atoms in total. The Kier molecular flexibility index (Phi) is 8.46. The molecule has 222 valence electrons. The van der Waals surface area contributed by atoms with Crippen LogP contribution in [0.4, 0.5) is 4.39 Å². The zero-order chi connectivity index (χ0) is 30.1. The van der Waals surface area contributed by atoms with Gasteiger partial charge in [0.25, 0.3) is 11.8 Å². The van der Waals surface area contributed by atoms with Crippen molar-refractivity contribution < 1.29 is 14.0 Å². The van der Waals surface area contributed by atoms with Crippen molar-refractivity contribution in [3.05, 3.63) is 75.8 Å². The fraction of sp³-hybridized carbons (Fsp3) is 0.484. The summed E-state index contributed by atoms with van der Waals surface area (Å²) in [6.07, 6.45) is 4.91. The molecule has 0 radical (unpaired) electrons. The Morgan fingerprint density at radius 1 is 1.19 bits per heavy atom. The summed E-state index contributed by atoms with van der Waals surface area (Å²) < 4.78 is 14.5. The van der Waals surface area contributed by atoms with E-state index in [0.717, 1.165) is 44.1 Å². The van der Waals surface area contributed by atoms with Gasteiger partial charge >= 0.3 is 0 Å². The van der Waals surface area contributed by atoms with Crippen LogP contribution in [0.1, 0.15) is 99.6 Å². The van der Waals surface area contributed by atoms with Gasteiger partial charge in [0, 0.05) is 11.1 Å². The van der Waals surface area contributed by atoms with Crippen LogP contribution < -0.4 is 5.32 Å². The summed E-state index contributed by atoms with van der Waals surface area (Å²) in [6, 6.07) is 11.5. The second-order valence-corrected chi connectivity index (χ2v) is 12.7. The average molecular weight is 594 g/mol. The smallest absolute Gasteiger partial charge is 0.275 e. The fourth-order valence-electron chi connectivity index (χ4n) is 6.27. The van der Waals surface area contributed by atoms with E-state index in [1.165, 1.54) is 12.1 Å². The van der Waals surface area contributed by atoms with Crippen LogP contribution in [0.15, 0.2) is 47.5 Å². The lowest BCUT2D eigenvalue weighted by Crippen LogP contribution is -2.51. The summed E-state index contributed by atoms with van der Waals surface area (Å²) in [4.78, 5) is 34.1. The Morgan fingerprint density at radius 3 is 2.50 bits per heavy atom. The Labute approximate surface area is 250 Å². The lowest BCUT2D eigenvalue weighted by atomic mass is 9.69. The van der Waals surface area contributed by atoms with Gasteiger partial charge in [-0.25, -0.2) is 4.39 Å². The van der Waals surface area contributed by atoms with Crippen molar-refractivity contribution in [3.63, 3.8) is 0 Å². The van der Waals surface area contributed by atoms with Crippen LogP contribution in [-0.4, -0.2) is 48.7 Å². The molecule has 1 aliphatic carbocycles. The number of nitrogens with zero attached hydrogens (tertiary/aromatic N) is 5. The number of benzene rings is 2. The molecular weight excluding hydrogens is 557 g/mol. The van der Waals surface area contributed by atoms with Gasteiger partial charge in [-0.1, -0.05) is 69.1 Å². The minimum absolute atomic E-state index is 0.00679. The van der Waals surface area contributed by atoms with E-state index in [4.69, 9.17) is 16.6 Å². The molecule has 1 aliphatic heterocycles. The minimum Gasteiger partial charge on any atom is -0.345 e. The topological polar surface area (TPSA) is 116 Å². The molecule has 1 spiro atoms. The van der Waals surface area contributed by atoms with E-state index in [2.05, 4.69) is 53.6 Å². The van der Waals surface area contributed by atoms with Crippen molar-refractivity contribution in [1.82, 2.24) is 30.8 Å². The number of amides is 2. The Bertz CT molecular complexity index is 1460. The lowest BCUT2D eigenvalue weighted by molar-refractivity contribution is -0.133. The maximum atomic E-state index is 14.5. The quantitative estimate of drug-likeness (QED) is 0.331. The summed E-state index contributed by atoms with van der Waals surface area (Å²) in [5.74, 6) is -0.137. The predicted molar refractivity (Wildman–Crippen MR) is 158 cm³/mol. The van der Waals surface area contributed by atoms with Gasteiger partial charge in [-0.2, -0.15) is 5.21 Å². The highest BCUT2D eigenvalue weighted by Gasteiger charge is 2.52. The monoisotopic (exact) mass is 593 g/mol. The van der Waals surface area contributed by atoms with E-state index in [9.17, 15) is 14.0 Å². The molecule has 0 saturated heterocycles. The molecule has 0 bridgehead atoms. The molecule has 5 rings (SSSR count). The molecule has 2 aromatic carbocycles. The van der Waals surface area contributed by atoms with Crippen LogP contribution in [0, 0.1) is 17.2 Å². The number of halogens is 2. The normalized spacial score (nSPS) is 21.5. The molecule has 2 heterocycles. The number of aromatic amines is 1. The highest BCUT2D eigenvalue weighted by molar-refractivity contribution is 6.47. The Balaban J connectivity index is 1.46. The van der Waals surface area contributed by atoms with E-state index in [0.29, 0.717) is 22.9 Å². The maximum Gasteiger partial charge on any atom is 0.275 e. The highest BCUT2D eigenvalue weighted by Crippen LogP contribution is 2.50. The number of aliphatic imine (C=N–C) groups is 1. The zero-order valence-electron chi connectivity index (χ0n) is 24.5. The second-order valence-electron chi connectivity index (χ2n) is 12.3. The summed E-state index contributed by atoms with van der Waals surface area (Å²) in [5.41, 5.74) is 1.56. The molecular formula is C31H37ClFN7O2. The Hall–Kier alpha value is -3.66. The molecule has 1 aromatic heterocycles. The molecule has 1 atom stereocenters. The molecule has 2 aliphatic rings. The van der Waals surface area contributed by atoms with Crippen molar-refractivity contribution >= 4 is 29.1 Å². The number of carbonyl (C=O) groups excluding carboxylic acids is 2. The Morgan fingerprint density at radius 2 is 1.90 bits per heavy atom. The third-order valence-corrected chi connectivity index (χ3v) is 8.93. The van der Waals surface area contributed by atoms with E-state index in [1.54, 1.807) is 18.2 Å². The van der Waals surface area contributed by atoms with Crippen molar-refractivity contribution in [2.45, 2.75) is 84.5 Å². The SMILES string of the molecule is CCCC(c1ccc(C(=O)NCc2nn[nH]n2)cc1)N1C(=O)C(c2ccc(Cl)c(F)c2)=NC12CCC(C(C)(C)C)CC2. The number of rotatable bonds is 8. The van der Waals surface area contributed by atoms with Gasteiger partial charge in [-0.3, -0.25) is 14.6 Å². The van der Waals surface area contributed by atoms with Crippen molar-refractivity contribution in [1.29, 1.82) is 0 Å². The average Bonchev–Trinajstić information content (AvgIpc) is 3.58. The number of carbonyl (C=O) groups is 2. The van der Waals surface area contributed by atoms with Gasteiger partial charge in [0.2, 0.25) is 0 Å². The molecule has 1 fully saturated rings. The van der Waals surface area contributed by atoms with E-state index < -0.39 is 11.5 Å². The first-order chi connectivity index (χ1) is 20.0. The van der Waals surface area contributed by atoms with Crippen LogP contribution in [0.25, 0.3) is 0 Å². The molecule has 2 amide bonds.